The first-order valence-corrected chi connectivity index (χ1v) is 7.03. The third-order valence-electron chi connectivity index (χ3n) is 3.76. The zero-order valence-corrected chi connectivity index (χ0v) is 12.1. The van der Waals surface area contributed by atoms with Gasteiger partial charge < -0.3 is 21.1 Å². The Morgan fingerprint density at radius 1 is 1.24 bits per heavy atom. The van der Waals surface area contributed by atoms with E-state index in [4.69, 9.17) is 10.5 Å². The first kappa shape index (κ1) is 15.5. The number of anilines is 2. The molecule has 0 radical (unpaired) electrons. The minimum atomic E-state index is -0.567. The van der Waals surface area contributed by atoms with E-state index in [9.17, 15) is 9.59 Å². The van der Waals surface area contributed by atoms with Gasteiger partial charge >= 0.3 is 0 Å². The van der Waals surface area contributed by atoms with E-state index in [1.807, 2.05) is 0 Å². The van der Waals surface area contributed by atoms with E-state index < -0.39 is 5.41 Å². The second-order valence-corrected chi connectivity index (χ2v) is 5.31. The Kier molecular flexibility index (Phi) is 4.93. The lowest BCUT2D eigenvalue weighted by Gasteiger charge is -2.34. The SMILES string of the molecule is CC(=O)Nc1cccc(NC(=O)C2(CN)CCOCC2)c1. The van der Waals surface area contributed by atoms with Crippen LogP contribution in [0.2, 0.25) is 0 Å². The highest BCUT2D eigenvalue weighted by Gasteiger charge is 2.38. The van der Waals surface area contributed by atoms with Gasteiger partial charge in [0.05, 0.1) is 5.41 Å². The molecule has 6 heteroatoms. The van der Waals surface area contributed by atoms with E-state index in [1.165, 1.54) is 6.92 Å². The predicted octanol–water partition coefficient (Wildman–Crippen LogP) is 1.34. The van der Waals surface area contributed by atoms with E-state index in [2.05, 4.69) is 10.6 Å². The number of hydrogen-bond donors (Lipinski definition) is 3. The first-order chi connectivity index (χ1) is 10.1. The molecule has 0 atom stereocenters. The van der Waals surface area contributed by atoms with Crippen LogP contribution in [0.25, 0.3) is 0 Å². The molecule has 0 spiro atoms. The highest BCUT2D eigenvalue weighted by molar-refractivity contribution is 5.96. The van der Waals surface area contributed by atoms with Crippen molar-refractivity contribution >= 4 is 23.2 Å². The van der Waals surface area contributed by atoms with Crippen molar-refractivity contribution in [3.8, 4) is 0 Å². The third-order valence-corrected chi connectivity index (χ3v) is 3.76. The van der Waals surface area contributed by atoms with Gasteiger partial charge in [0.1, 0.15) is 0 Å². The summed E-state index contributed by atoms with van der Waals surface area (Å²) in [6, 6.07) is 7.06. The molecule has 1 aromatic carbocycles. The molecule has 1 heterocycles. The Morgan fingerprint density at radius 2 is 1.86 bits per heavy atom. The van der Waals surface area contributed by atoms with Crippen LogP contribution >= 0.6 is 0 Å². The normalized spacial score (nSPS) is 17.0. The third kappa shape index (κ3) is 3.80. The van der Waals surface area contributed by atoms with Crippen molar-refractivity contribution in [2.75, 3.05) is 30.4 Å². The Morgan fingerprint density at radius 3 is 2.43 bits per heavy atom. The maximum Gasteiger partial charge on any atom is 0.232 e. The van der Waals surface area contributed by atoms with Crippen LogP contribution in [0.5, 0.6) is 0 Å². The lowest BCUT2D eigenvalue weighted by molar-refractivity contribution is -0.130. The van der Waals surface area contributed by atoms with E-state index in [1.54, 1.807) is 24.3 Å². The van der Waals surface area contributed by atoms with E-state index in [0.717, 1.165) is 0 Å². The molecule has 0 bridgehead atoms. The van der Waals surface area contributed by atoms with Gasteiger partial charge in [0.15, 0.2) is 0 Å². The number of carbonyl (C=O) groups is 2. The van der Waals surface area contributed by atoms with Crippen molar-refractivity contribution < 1.29 is 14.3 Å². The second kappa shape index (κ2) is 6.69. The molecule has 114 valence electrons. The summed E-state index contributed by atoms with van der Waals surface area (Å²) in [6.07, 6.45) is 1.25. The zero-order valence-electron chi connectivity index (χ0n) is 12.1. The molecule has 0 saturated carbocycles. The summed E-state index contributed by atoms with van der Waals surface area (Å²) in [6.45, 7) is 2.84. The van der Waals surface area contributed by atoms with Crippen molar-refractivity contribution in [1.29, 1.82) is 0 Å². The fraction of sp³-hybridized carbons (Fsp3) is 0.467. The summed E-state index contributed by atoms with van der Waals surface area (Å²) < 4.78 is 5.31. The molecule has 1 saturated heterocycles. The fourth-order valence-corrected chi connectivity index (χ4v) is 2.43. The molecule has 1 aliphatic rings. The molecule has 2 amide bonds. The van der Waals surface area contributed by atoms with Crippen molar-refractivity contribution in [1.82, 2.24) is 0 Å². The number of nitrogens with two attached hydrogens (primary N) is 1. The van der Waals surface area contributed by atoms with Crippen LogP contribution in [-0.4, -0.2) is 31.6 Å². The van der Waals surface area contributed by atoms with Gasteiger partial charge in [-0.05, 0) is 31.0 Å². The van der Waals surface area contributed by atoms with Crippen LogP contribution in [0.1, 0.15) is 19.8 Å². The molecule has 6 nitrogen and oxygen atoms in total. The van der Waals surface area contributed by atoms with Crippen molar-refractivity contribution in [3.05, 3.63) is 24.3 Å². The van der Waals surface area contributed by atoms with Gasteiger partial charge in [0, 0.05) is 38.1 Å². The minimum Gasteiger partial charge on any atom is -0.381 e. The molecule has 2 rings (SSSR count). The molecule has 1 aromatic rings. The van der Waals surface area contributed by atoms with Gasteiger partial charge in [-0.3, -0.25) is 9.59 Å². The summed E-state index contributed by atoms with van der Waals surface area (Å²) in [5, 5.41) is 5.58. The number of nitrogens with one attached hydrogen (secondary N) is 2. The summed E-state index contributed by atoms with van der Waals surface area (Å²) in [7, 11) is 0. The van der Waals surface area contributed by atoms with Gasteiger partial charge in [-0.25, -0.2) is 0 Å². The molecule has 4 N–H and O–H groups in total. The van der Waals surface area contributed by atoms with E-state index in [0.29, 0.717) is 44.0 Å². The Hall–Kier alpha value is -1.92. The topological polar surface area (TPSA) is 93.5 Å². The molecule has 1 fully saturated rings. The average Bonchev–Trinajstić information content (AvgIpc) is 2.47. The van der Waals surface area contributed by atoms with Crippen LogP contribution in [0.15, 0.2) is 24.3 Å². The van der Waals surface area contributed by atoms with Gasteiger partial charge in [-0.2, -0.15) is 0 Å². The quantitative estimate of drug-likeness (QED) is 0.780. The number of amides is 2. The lowest BCUT2D eigenvalue weighted by Crippen LogP contribution is -2.46. The number of carbonyl (C=O) groups excluding carboxylic acids is 2. The first-order valence-electron chi connectivity index (χ1n) is 7.03. The van der Waals surface area contributed by atoms with Crippen molar-refractivity contribution in [3.63, 3.8) is 0 Å². The summed E-state index contributed by atoms with van der Waals surface area (Å²) in [5.41, 5.74) is 6.54. The number of ether oxygens (including phenoxy) is 1. The van der Waals surface area contributed by atoms with Crippen LogP contribution in [0, 0.1) is 5.41 Å². The highest BCUT2D eigenvalue weighted by atomic mass is 16.5. The predicted molar refractivity (Wildman–Crippen MR) is 80.9 cm³/mol. The second-order valence-electron chi connectivity index (χ2n) is 5.31. The maximum atomic E-state index is 12.5. The Labute approximate surface area is 124 Å². The monoisotopic (exact) mass is 291 g/mol. The van der Waals surface area contributed by atoms with Crippen LogP contribution in [-0.2, 0) is 14.3 Å². The molecular weight excluding hydrogens is 270 g/mol. The number of rotatable bonds is 4. The van der Waals surface area contributed by atoms with E-state index >= 15 is 0 Å². The highest BCUT2D eigenvalue weighted by Crippen LogP contribution is 2.31. The Bertz CT molecular complexity index is 525. The van der Waals surface area contributed by atoms with Gasteiger partial charge in [0.2, 0.25) is 11.8 Å². The fourth-order valence-electron chi connectivity index (χ4n) is 2.43. The smallest absolute Gasteiger partial charge is 0.232 e. The van der Waals surface area contributed by atoms with Gasteiger partial charge in [-0.15, -0.1) is 0 Å². The molecule has 21 heavy (non-hydrogen) atoms. The summed E-state index contributed by atoms with van der Waals surface area (Å²) in [5.74, 6) is -0.241. The van der Waals surface area contributed by atoms with Crippen LogP contribution in [0.3, 0.4) is 0 Å². The Balaban J connectivity index is 2.09. The average molecular weight is 291 g/mol. The molecular formula is C15H21N3O3. The summed E-state index contributed by atoms with van der Waals surface area (Å²) in [4.78, 5) is 23.6. The van der Waals surface area contributed by atoms with Crippen molar-refractivity contribution in [2.45, 2.75) is 19.8 Å². The zero-order chi connectivity index (χ0) is 15.3. The van der Waals surface area contributed by atoms with E-state index in [-0.39, 0.29) is 11.8 Å². The molecule has 0 aromatic heterocycles. The minimum absolute atomic E-state index is 0.0896. The van der Waals surface area contributed by atoms with Crippen LogP contribution in [0.4, 0.5) is 11.4 Å². The molecule has 1 aliphatic heterocycles. The largest absolute Gasteiger partial charge is 0.381 e. The standard InChI is InChI=1S/C15H21N3O3/c1-11(19)17-12-3-2-4-13(9-12)18-14(20)15(10-16)5-7-21-8-6-15/h2-4,9H,5-8,10,16H2,1H3,(H,17,19)(H,18,20). The number of benzene rings is 1. The van der Waals surface area contributed by atoms with Gasteiger partial charge in [-0.1, -0.05) is 6.07 Å². The summed E-state index contributed by atoms with van der Waals surface area (Å²) >= 11 is 0. The number of hydrogen-bond acceptors (Lipinski definition) is 4. The molecule has 0 unspecified atom stereocenters. The van der Waals surface area contributed by atoms with Crippen molar-refractivity contribution in [2.24, 2.45) is 11.1 Å². The maximum absolute atomic E-state index is 12.5. The van der Waals surface area contributed by atoms with Gasteiger partial charge in [0.25, 0.3) is 0 Å². The van der Waals surface area contributed by atoms with Crippen LogP contribution < -0.4 is 16.4 Å². The molecule has 0 aliphatic carbocycles. The lowest BCUT2D eigenvalue weighted by atomic mass is 9.79.